The van der Waals surface area contributed by atoms with E-state index >= 15 is 0 Å². The number of hydrogen-bond acceptors (Lipinski definition) is 1. The number of benzene rings is 1. The van der Waals surface area contributed by atoms with Crippen LogP contribution in [-0.2, 0) is 6.42 Å². The molecule has 4 saturated carbocycles. The number of hydrogen-bond donors (Lipinski definition) is 0. The van der Waals surface area contributed by atoms with Crippen molar-refractivity contribution < 1.29 is 0 Å². The molecule has 1 aliphatic heterocycles. The van der Waals surface area contributed by atoms with Crippen molar-refractivity contribution in [1.82, 2.24) is 4.90 Å². The zero-order valence-corrected chi connectivity index (χ0v) is 14.8. The molecule has 7 rings (SSSR count). The fourth-order valence-corrected chi connectivity index (χ4v) is 7.56. The molecule has 4 bridgehead atoms. The Labute approximate surface area is 146 Å². The van der Waals surface area contributed by atoms with Crippen LogP contribution in [0.2, 0.25) is 0 Å². The molecular formula is C23H29N. The van der Waals surface area contributed by atoms with Crippen LogP contribution in [0.4, 0.5) is 0 Å². The predicted octanol–water partition coefficient (Wildman–Crippen LogP) is 5.06. The van der Waals surface area contributed by atoms with Gasteiger partial charge in [0.05, 0.1) is 0 Å². The van der Waals surface area contributed by atoms with Gasteiger partial charge in [-0.1, -0.05) is 29.8 Å². The van der Waals surface area contributed by atoms with Gasteiger partial charge in [0.15, 0.2) is 0 Å². The third-order valence-corrected chi connectivity index (χ3v) is 8.16. The Kier molecular flexibility index (Phi) is 2.93. The van der Waals surface area contributed by atoms with Crippen LogP contribution in [0.1, 0.15) is 62.5 Å². The number of nitrogens with zero attached hydrogens (tertiary/aromatic N) is 1. The maximum absolute atomic E-state index is 2.98. The molecule has 0 radical (unpaired) electrons. The van der Waals surface area contributed by atoms with Crippen molar-refractivity contribution in [3.05, 3.63) is 41.0 Å². The van der Waals surface area contributed by atoms with Gasteiger partial charge >= 0.3 is 0 Å². The molecule has 1 heteroatoms. The molecule has 1 aromatic rings. The van der Waals surface area contributed by atoms with E-state index in [9.17, 15) is 0 Å². The van der Waals surface area contributed by atoms with E-state index in [0.717, 1.165) is 17.8 Å². The van der Waals surface area contributed by atoms with Gasteiger partial charge in [-0.15, -0.1) is 0 Å². The Bertz CT molecular complexity index is 677. The van der Waals surface area contributed by atoms with Crippen LogP contribution in [0.25, 0.3) is 5.57 Å². The van der Waals surface area contributed by atoms with E-state index in [1.165, 1.54) is 51.6 Å². The fourth-order valence-electron chi connectivity index (χ4n) is 7.56. The Morgan fingerprint density at radius 3 is 2.29 bits per heavy atom. The molecule has 5 aliphatic carbocycles. The molecule has 0 saturated heterocycles. The van der Waals surface area contributed by atoms with E-state index < -0.39 is 0 Å². The van der Waals surface area contributed by atoms with Crippen molar-refractivity contribution in [3.8, 4) is 0 Å². The van der Waals surface area contributed by atoms with Crippen molar-refractivity contribution in [2.75, 3.05) is 13.1 Å². The third kappa shape index (κ3) is 1.97. The van der Waals surface area contributed by atoms with E-state index in [4.69, 9.17) is 0 Å². The Balaban J connectivity index is 1.32. The van der Waals surface area contributed by atoms with Gasteiger partial charge in [0.1, 0.15) is 0 Å². The molecule has 1 heterocycles. The topological polar surface area (TPSA) is 3.24 Å². The second kappa shape index (κ2) is 4.97. The molecule has 24 heavy (non-hydrogen) atoms. The Hall–Kier alpha value is -1.08. The lowest BCUT2D eigenvalue weighted by atomic mass is 9.52. The number of fused-ring (bicyclic) bond motifs is 2. The average Bonchev–Trinajstić information content (AvgIpc) is 2.60. The van der Waals surface area contributed by atoms with Gasteiger partial charge in [0.2, 0.25) is 0 Å². The third-order valence-electron chi connectivity index (χ3n) is 8.16. The lowest BCUT2D eigenvalue weighted by Gasteiger charge is -2.61. The summed E-state index contributed by atoms with van der Waals surface area (Å²) in [5.74, 6) is 3.20. The highest BCUT2D eigenvalue weighted by atomic mass is 15.2. The first kappa shape index (κ1) is 14.1. The zero-order chi connectivity index (χ0) is 15.7. The molecule has 1 nitrogen and oxygen atoms in total. The quantitative estimate of drug-likeness (QED) is 0.699. The summed E-state index contributed by atoms with van der Waals surface area (Å²) in [4.78, 5) is 2.98. The normalized spacial score (nSPS) is 40.6. The Morgan fingerprint density at radius 2 is 1.54 bits per heavy atom. The van der Waals surface area contributed by atoms with Gasteiger partial charge in [-0.25, -0.2) is 0 Å². The van der Waals surface area contributed by atoms with Crippen LogP contribution in [0.5, 0.6) is 0 Å². The lowest BCUT2D eigenvalue weighted by Crippen LogP contribution is -2.61. The standard InChI is InChI=1S/C23H29N/c1-2-4-21-19(3-1)5-6-20-15-24(8-7-22(20)21)23-12-16-9-17(13-23)11-18(10-16)14-23/h1-4,16-18H,5-15H2. The first-order valence-electron chi connectivity index (χ1n) is 10.3. The SMILES string of the molecule is c1ccc2c(c1)CCC1=C2CCN(C23CC4CC(CC(C4)C2)C3)C1. The van der Waals surface area contributed by atoms with Gasteiger partial charge in [0.25, 0.3) is 0 Å². The fraction of sp³-hybridized carbons (Fsp3) is 0.652. The highest BCUT2D eigenvalue weighted by molar-refractivity contribution is 5.74. The van der Waals surface area contributed by atoms with Crippen LogP contribution in [0.15, 0.2) is 29.8 Å². The number of rotatable bonds is 1. The van der Waals surface area contributed by atoms with Crippen LogP contribution >= 0.6 is 0 Å². The van der Waals surface area contributed by atoms with E-state index in [2.05, 4.69) is 29.2 Å². The molecule has 0 amide bonds. The van der Waals surface area contributed by atoms with Crippen molar-refractivity contribution in [2.45, 2.75) is 63.3 Å². The molecule has 1 aromatic carbocycles. The smallest absolute Gasteiger partial charge is 0.0221 e. The van der Waals surface area contributed by atoms with Crippen molar-refractivity contribution in [1.29, 1.82) is 0 Å². The van der Waals surface area contributed by atoms with Gasteiger partial charge in [0, 0.05) is 18.6 Å². The molecule has 0 unspecified atom stereocenters. The van der Waals surface area contributed by atoms with Crippen molar-refractivity contribution in [3.63, 3.8) is 0 Å². The summed E-state index contributed by atoms with van der Waals surface area (Å²) in [7, 11) is 0. The summed E-state index contributed by atoms with van der Waals surface area (Å²) in [6.45, 7) is 2.61. The van der Waals surface area contributed by atoms with E-state index in [1.807, 2.05) is 0 Å². The first-order chi connectivity index (χ1) is 11.8. The predicted molar refractivity (Wildman–Crippen MR) is 98.8 cm³/mol. The van der Waals surface area contributed by atoms with Crippen LogP contribution in [-0.4, -0.2) is 23.5 Å². The summed E-state index contributed by atoms with van der Waals surface area (Å²) < 4.78 is 0. The van der Waals surface area contributed by atoms with E-state index in [-0.39, 0.29) is 0 Å². The molecule has 0 aromatic heterocycles. The van der Waals surface area contributed by atoms with Crippen LogP contribution in [0, 0.1) is 17.8 Å². The maximum atomic E-state index is 2.98. The van der Waals surface area contributed by atoms with E-state index in [0.29, 0.717) is 5.54 Å². The van der Waals surface area contributed by atoms with Crippen molar-refractivity contribution in [2.24, 2.45) is 17.8 Å². The molecule has 126 valence electrons. The van der Waals surface area contributed by atoms with Gasteiger partial charge in [-0.05, 0) is 92.2 Å². The number of aryl methyl sites for hydroxylation is 1. The second-order valence-corrected chi connectivity index (χ2v) is 9.55. The zero-order valence-electron chi connectivity index (χ0n) is 14.8. The molecular weight excluding hydrogens is 290 g/mol. The molecule has 6 aliphatic rings. The van der Waals surface area contributed by atoms with Crippen LogP contribution < -0.4 is 0 Å². The monoisotopic (exact) mass is 319 g/mol. The summed E-state index contributed by atoms with van der Waals surface area (Å²) in [5, 5.41) is 0. The minimum atomic E-state index is 0.601. The van der Waals surface area contributed by atoms with Crippen LogP contribution in [0.3, 0.4) is 0 Å². The molecule has 4 fully saturated rings. The molecule has 0 atom stereocenters. The minimum absolute atomic E-state index is 0.601. The maximum Gasteiger partial charge on any atom is 0.0221 e. The molecule has 0 N–H and O–H groups in total. The highest BCUT2D eigenvalue weighted by Crippen LogP contribution is 2.58. The molecule has 0 spiro atoms. The largest absolute Gasteiger partial charge is 0.293 e. The summed E-state index contributed by atoms with van der Waals surface area (Å²) >= 11 is 0. The summed E-state index contributed by atoms with van der Waals surface area (Å²) in [6, 6.07) is 9.18. The van der Waals surface area contributed by atoms with Gasteiger partial charge < -0.3 is 0 Å². The minimum Gasteiger partial charge on any atom is -0.293 e. The Morgan fingerprint density at radius 1 is 0.833 bits per heavy atom. The van der Waals surface area contributed by atoms with E-state index in [1.54, 1.807) is 41.5 Å². The summed E-state index contributed by atoms with van der Waals surface area (Å²) in [6.07, 6.45) is 13.2. The second-order valence-electron chi connectivity index (χ2n) is 9.55. The van der Waals surface area contributed by atoms with Gasteiger partial charge in [-0.2, -0.15) is 0 Å². The van der Waals surface area contributed by atoms with Crippen molar-refractivity contribution >= 4 is 5.57 Å². The lowest BCUT2D eigenvalue weighted by molar-refractivity contribution is -0.0862. The first-order valence-corrected chi connectivity index (χ1v) is 10.3. The van der Waals surface area contributed by atoms with Gasteiger partial charge in [-0.3, -0.25) is 4.90 Å². The highest BCUT2D eigenvalue weighted by Gasteiger charge is 2.53. The summed E-state index contributed by atoms with van der Waals surface area (Å²) in [5.41, 5.74) is 7.29. The average molecular weight is 319 g/mol.